The molecule has 0 aromatic heterocycles. The molecule has 1 aromatic carbocycles. The van der Waals surface area contributed by atoms with Crippen molar-refractivity contribution in [3.63, 3.8) is 0 Å². The van der Waals surface area contributed by atoms with Crippen LogP contribution in [-0.2, 0) is 24.3 Å². The summed E-state index contributed by atoms with van der Waals surface area (Å²) in [4.78, 5) is 36.6. The van der Waals surface area contributed by atoms with Crippen molar-refractivity contribution in [1.82, 2.24) is 4.31 Å². The number of sulfonamides is 1. The summed E-state index contributed by atoms with van der Waals surface area (Å²) in [5.74, 6) is -1.93. The minimum absolute atomic E-state index is 0.115. The van der Waals surface area contributed by atoms with E-state index in [1.54, 1.807) is 39.8 Å². The van der Waals surface area contributed by atoms with E-state index in [0.29, 0.717) is 5.57 Å². The SMILES string of the molecule is C=CC[C@@H]1C(=O)C2CC(/C(=C/C)CN2S(=O)(=O)c2ccccc2[N+](=O)[O-])[C@H]1OC(=O)C(C)(C)C. The molecule has 1 saturated heterocycles. The largest absolute Gasteiger partial charge is 0.461 e. The lowest BCUT2D eigenvalue weighted by atomic mass is 9.68. The maximum Gasteiger partial charge on any atom is 0.311 e. The molecule has 0 N–H and O–H groups in total. The number of allylic oxidation sites excluding steroid dienone is 2. The van der Waals surface area contributed by atoms with Crippen molar-refractivity contribution in [1.29, 1.82) is 0 Å². The Morgan fingerprint density at radius 1 is 1.32 bits per heavy atom. The monoisotopic (exact) mass is 490 g/mol. The van der Waals surface area contributed by atoms with E-state index in [1.165, 1.54) is 18.2 Å². The van der Waals surface area contributed by atoms with Crippen molar-refractivity contribution in [3.05, 3.63) is 58.7 Å². The smallest absolute Gasteiger partial charge is 0.311 e. The minimum atomic E-state index is -4.37. The van der Waals surface area contributed by atoms with Gasteiger partial charge in [-0.25, -0.2) is 8.42 Å². The Hall–Kier alpha value is -2.85. The average molecular weight is 491 g/mol. The van der Waals surface area contributed by atoms with Crippen LogP contribution in [0.2, 0.25) is 0 Å². The number of piperidine rings is 1. The predicted octanol–water partition coefficient (Wildman–Crippen LogP) is 3.65. The Bertz CT molecular complexity index is 1150. The summed E-state index contributed by atoms with van der Waals surface area (Å²) in [6.45, 7) is 10.5. The highest BCUT2D eigenvalue weighted by Crippen LogP contribution is 2.45. The molecule has 0 amide bonds. The van der Waals surface area contributed by atoms with Gasteiger partial charge in [-0.2, -0.15) is 4.31 Å². The fraction of sp³-hybridized carbons (Fsp3) is 0.500. The maximum absolute atomic E-state index is 13.6. The molecular formula is C24H30N2O7S. The zero-order valence-electron chi connectivity index (χ0n) is 19.8. The maximum atomic E-state index is 13.6. The molecule has 2 bridgehead atoms. The van der Waals surface area contributed by atoms with Gasteiger partial charge in [0.15, 0.2) is 10.7 Å². The molecule has 2 unspecified atom stereocenters. The third-order valence-electron chi connectivity index (χ3n) is 6.42. The molecule has 2 fully saturated rings. The first kappa shape index (κ1) is 25.8. The molecule has 0 radical (unpaired) electrons. The molecule has 9 nitrogen and oxygen atoms in total. The van der Waals surface area contributed by atoms with Crippen LogP contribution in [0, 0.1) is 27.4 Å². The van der Waals surface area contributed by atoms with E-state index in [2.05, 4.69) is 6.58 Å². The molecule has 10 heteroatoms. The number of carbonyl (C=O) groups is 2. The molecule has 1 aliphatic heterocycles. The van der Waals surface area contributed by atoms with Gasteiger partial charge in [-0.05, 0) is 46.6 Å². The number of nitro benzene ring substituents is 1. The summed E-state index contributed by atoms with van der Waals surface area (Å²) in [5.41, 5.74) is -0.619. The molecule has 1 saturated carbocycles. The highest BCUT2D eigenvalue weighted by atomic mass is 32.2. The summed E-state index contributed by atoms with van der Waals surface area (Å²) >= 11 is 0. The third kappa shape index (κ3) is 4.56. The van der Waals surface area contributed by atoms with Gasteiger partial charge in [-0.3, -0.25) is 19.7 Å². The topological polar surface area (TPSA) is 124 Å². The summed E-state index contributed by atoms with van der Waals surface area (Å²) in [7, 11) is -4.37. The van der Waals surface area contributed by atoms with Gasteiger partial charge in [0.2, 0.25) is 0 Å². The number of hydrogen-bond donors (Lipinski definition) is 0. The van der Waals surface area contributed by atoms with E-state index in [1.807, 2.05) is 0 Å². The second kappa shape index (κ2) is 9.42. The van der Waals surface area contributed by atoms with Crippen molar-refractivity contribution in [2.24, 2.45) is 17.3 Å². The summed E-state index contributed by atoms with van der Waals surface area (Å²) in [6.07, 6.45) is 2.92. The van der Waals surface area contributed by atoms with Gasteiger partial charge in [-0.1, -0.05) is 29.9 Å². The summed E-state index contributed by atoms with van der Waals surface area (Å²) in [5, 5.41) is 11.5. The van der Waals surface area contributed by atoms with Gasteiger partial charge in [0.25, 0.3) is 15.7 Å². The third-order valence-corrected chi connectivity index (χ3v) is 8.32. The van der Waals surface area contributed by atoms with Gasteiger partial charge in [0.1, 0.15) is 6.10 Å². The van der Waals surface area contributed by atoms with E-state index < -0.39 is 55.0 Å². The number of Topliss-reactive ketones (excluding diaryl/α,β-unsaturated/α-hetero) is 1. The summed E-state index contributed by atoms with van der Waals surface area (Å²) in [6, 6.07) is 4.08. The molecular weight excluding hydrogens is 460 g/mol. The lowest BCUT2D eigenvalue weighted by Crippen LogP contribution is -2.61. The standard InChI is InChI=1S/C24H30N2O7S/c1-6-10-16-21(27)19-13-17(22(16)33-23(28)24(3,4)5)15(7-2)14-25(19)34(31,32)20-12-9-8-11-18(20)26(29)30/h6-9,11-12,16-17,19,22H,1,10,13-14H2,2-5H3/b15-7+/t16-,17?,19?,22+/m1/s1. The Morgan fingerprint density at radius 2 is 1.97 bits per heavy atom. The van der Waals surface area contributed by atoms with Gasteiger partial charge in [0.05, 0.1) is 22.3 Å². The summed E-state index contributed by atoms with van der Waals surface area (Å²) < 4.78 is 34.1. The lowest BCUT2D eigenvalue weighted by molar-refractivity contribution is -0.387. The molecule has 3 rings (SSSR count). The molecule has 0 spiro atoms. The van der Waals surface area contributed by atoms with Crippen molar-refractivity contribution in [3.8, 4) is 0 Å². The van der Waals surface area contributed by atoms with Crippen LogP contribution in [0.15, 0.2) is 53.5 Å². The Kier molecular flexibility index (Phi) is 7.14. The van der Waals surface area contributed by atoms with Gasteiger partial charge >= 0.3 is 5.97 Å². The zero-order valence-corrected chi connectivity index (χ0v) is 20.6. The van der Waals surface area contributed by atoms with Crippen LogP contribution in [0.1, 0.15) is 40.5 Å². The highest BCUT2D eigenvalue weighted by molar-refractivity contribution is 7.89. The number of hydrogen-bond acceptors (Lipinski definition) is 7. The molecule has 1 aromatic rings. The van der Waals surface area contributed by atoms with Crippen LogP contribution in [0.4, 0.5) is 5.69 Å². The van der Waals surface area contributed by atoms with Gasteiger partial charge in [-0.15, -0.1) is 6.58 Å². The lowest BCUT2D eigenvalue weighted by Gasteiger charge is -2.48. The fourth-order valence-electron chi connectivity index (χ4n) is 4.61. The number of benzene rings is 1. The first-order valence-corrected chi connectivity index (χ1v) is 12.5. The fourth-order valence-corrected chi connectivity index (χ4v) is 6.37. The van der Waals surface area contributed by atoms with Crippen LogP contribution < -0.4 is 0 Å². The van der Waals surface area contributed by atoms with E-state index in [4.69, 9.17) is 4.74 Å². The van der Waals surface area contributed by atoms with Crippen molar-refractivity contribution in [2.75, 3.05) is 6.54 Å². The quantitative estimate of drug-likeness (QED) is 0.258. The normalized spacial score (nSPS) is 26.8. The Labute approximate surface area is 199 Å². The van der Waals surface area contributed by atoms with Crippen LogP contribution in [-0.4, -0.2) is 48.1 Å². The second-order valence-corrected chi connectivity index (χ2v) is 11.5. The van der Waals surface area contributed by atoms with Crippen LogP contribution in [0.25, 0.3) is 0 Å². The molecule has 34 heavy (non-hydrogen) atoms. The van der Waals surface area contributed by atoms with E-state index in [0.717, 1.165) is 10.4 Å². The van der Waals surface area contributed by atoms with Gasteiger partial charge in [0, 0.05) is 18.5 Å². The number of nitrogens with zero attached hydrogens (tertiary/aromatic N) is 2. The van der Waals surface area contributed by atoms with Crippen molar-refractivity contribution >= 4 is 27.5 Å². The Balaban J connectivity index is 2.07. The number of para-hydroxylation sites is 1. The van der Waals surface area contributed by atoms with E-state index >= 15 is 0 Å². The van der Waals surface area contributed by atoms with Gasteiger partial charge < -0.3 is 4.74 Å². The second-order valence-electron chi connectivity index (χ2n) is 9.65. The number of ether oxygens (including phenoxy) is 1. The number of nitro groups is 1. The molecule has 1 heterocycles. The Morgan fingerprint density at radius 3 is 2.53 bits per heavy atom. The minimum Gasteiger partial charge on any atom is -0.461 e. The number of rotatable bonds is 6. The number of esters is 1. The molecule has 2 aliphatic rings. The number of fused-ring (bicyclic) bond motifs is 2. The predicted molar refractivity (Wildman–Crippen MR) is 125 cm³/mol. The van der Waals surface area contributed by atoms with Crippen molar-refractivity contribution < 1.29 is 27.7 Å². The van der Waals surface area contributed by atoms with Crippen LogP contribution in [0.5, 0.6) is 0 Å². The average Bonchev–Trinajstić information content (AvgIpc) is 2.78. The van der Waals surface area contributed by atoms with Crippen LogP contribution in [0.3, 0.4) is 0 Å². The first-order valence-electron chi connectivity index (χ1n) is 11.1. The molecule has 4 atom stereocenters. The number of ketones is 1. The van der Waals surface area contributed by atoms with Crippen molar-refractivity contribution in [2.45, 2.75) is 57.6 Å². The zero-order chi connectivity index (χ0) is 25.4. The van der Waals surface area contributed by atoms with E-state index in [-0.39, 0.29) is 31.1 Å². The van der Waals surface area contributed by atoms with Crippen LogP contribution >= 0.6 is 0 Å². The molecule has 1 aliphatic carbocycles. The highest BCUT2D eigenvalue weighted by Gasteiger charge is 2.55. The first-order chi connectivity index (χ1) is 15.8. The molecule has 184 valence electrons. The van der Waals surface area contributed by atoms with E-state index in [9.17, 15) is 28.1 Å². The number of carbonyl (C=O) groups excluding carboxylic acids is 2.